The largest absolute Gasteiger partial charge is 0.330 e. The molecule has 2 saturated heterocycles. The summed E-state index contributed by atoms with van der Waals surface area (Å²) in [5.74, 6) is 2.26. The lowest BCUT2D eigenvalue weighted by Gasteiger charge is -2.39. The number of carbonyl (C=O) groups excluding carboxylic acids is 2. The van der Waals surface area contributed by atoms with E-state index in [1.807, 2.05) is 34.1 Å². The fourth-order valence-corrected chi connectivity index (χ4v) is 7.25. The first-order valence-corrected chi connectivity index (χ1v) is 16.0. The second kappa shape index (κ2) is 9.83. The monoisotopic (exact) mass is 610 g/mol. The average Bonchev–Trinajstić information content (AvgIpc) is 3.27. The van der Waals surface area contributed by atoms with E-state index >= 15 is 0 Å². The summed E-state index contributed by atoms with van der Waals surface area (Å²) in [5, 5.41) is 6.34. The van der Waals surface area contributed by atoms with Crippen LogP contribution in [0.5, 0.6) is 0 Å². The van der Waals surface area contributed by atoms with Crippen molar-refractivity contribution < 1.29 is 9.59 Å². The Hall–Kier alpha value is -4.84. The second-order valence-electron chi connectivity index (χ2n) is 14.8. The third-order valence-corrected chi connectivity index (χ3v) is 11.1. The Balaban J connectivity index is 1.35. The number of nitrogens with one attached hydrogen (secondary N) is 2. The molecule has 7 rings (SSSR count). The minimum Gasteiger partial charge on any atom is -0.330 e. The third kappa shape index (κ3) is 4.15. The first-order chi connectivity index (χ1) is 21.7. The van der Waals surface area contributed by atoms with E-state index in [-0.39, 0.29) is 12.1 Å². The molecule has 0 bridgehead atoms. The molecule has 0 radical (unpaired) electrons. The molecule has 0 aromatic heterocycles. The predicted molar refractivity (Wildman–Crippen MR) is 188 cm³/mol. The number of carbonyl (C=O) groups is 2. The van der Waals surface area contributed by atoms with Crippen molar-refractivity contribution in [2.45, 2.75) is 77.5 Å². The first-order valence-electron chi connectivity index (χ1n) is 16.0. The summed E-state index contributed by atoms with van der Waals surface area (Å²) in [6.07, 6.45) is 17.1. The van der Waals surface area contributed by atoms with Crippen LogP contribution < -0.4 is 20.4 Å². The highest BCUT2D eigenvalue weighted by Gasteiger charge is 2.54. The minimum atomic E-state index is -0.433. The number of urea groups is 2. The number of hydrogen-bond donors (Lipinski definition) is 2. The summed E-state index contributed by atoms with van der Waals surface area (Å²) in [4.78, 5) is 30.3. The molecule has 2 aromatic rings. The lowest BCUT2D eigenvalue weighted by Crippen LogP contribution is -2.53. The van der Waals surface area contributed by atoms with Crippen molar-refractivity contribution in [3.05, 3.63) is 131 Å². The van der Waals surface area contributed by atoms with E-state index in [1.165, 1.54) is 0 Å². The maximum atomic E-state index is 13.3. The molecule has 0 unspecified atom stereocenters. The number of fused-ring (bicyclic) bond motifs is 2. The van der Waals surface area contributed by atoms with Crippen LogP contribution in [0.3, 0.4) is 0 Å². The molecule has 46 heavy (non-hydrogen) atoms. The first kappa shape index (κ1) is 29.8. The van der Waals surface area contributed by atoms with Crippen LogP contribution in [-0.4, -0.2) is 34.2 Å². The molecule has 0 saturated carbocycles. The number of anilines is 2. The SMILES string of the molecule is CC1(C)NC(=O)N(c2cccc(C3=C4C=CC=C[C+]4C(c4cccc(N5C(=O)NC(C)(C)C5(C)C)c4)=C4C=CC=C[C+]43)c2)C1(C)C. The second-order valence-corrected chi connectivity index (χ2v) is 14.8. The fraction of sp³-hybridized carbons (Fsp3) is 0.300. The van der Waals surface area contributed by atoms with Crippen LogP contribution in [0.25, 0.3) is 11.1 Å². The van der Waals surface area contributed by atoms with Gasteiger partial charge in [0.25, 0.3) is 0 Å². The molecule has 3 aliphatic carbocycles. The molecule has 2 aromatic carbocycles. The standard InChI is InChI=1S/C40H40N4O2/c1-37(2)39(5,6)43(35(45)41-37)27-17-13-15-25(23-27)33-29-19-9-11-21-31(29)34(32-22-12-10-20-30(32)33)26-16-14-18-28(24-26)44-36(46)42-38(3,4)40(44,7)8/h9-24H,1-8H3/p+2. The highest BCUT2D eigenvalue weighted by Crippen LogP contribution is 2.54. The van der Waals surface area contributed by atoms with Gasteiger partial charge in [-0.2, -0.15) is 0 Å². The van der Waals surface area contributed by atoms with Crippen molar-refractivity contribution in [1.82, 2.24) is 10.6 Å². The highest BCUT2D eigenvalue weighted by molar-refractivity contribution is 6.06. The molecule has 4 amide bonds. The molecule has 2 N–H and O–H groups in total. The normalized spacial score (nSPS) is 23.2. The summed E-state index contributed by atoms with van der Waals surface area (Å²) in [6.45, 7) is 16.7. The topological polar surface area (TPSA) is 64.7 Å². The van der Waals surface area contributed by atoms with Gasteiger partial charge in [-0.05, 0) is 91.8 Å². The number of allylic oxidation sites excluding steroid dienone is 12. The van der Waals surface area contributed by atoms with Crippen molar-refractivity contribution >= 4 is 34.6 Å². The number of rotatable bonds is 4. The molecule has 0 spiro atoms. The Morgan fingerprint density at radius 3 is 1.30 bits per heavy atom. The van der Waals surface area contributed by atoms with E-state index in [0.29, 0.717) is 0 Å². The van der Waals surface area contributed by atoms with Crippen LogP contribution in [0, 0.1) is 11.8 Å². The molecule has 2 fully saturated rings. The molecule has 2 heterocycles. The maximum Gasteiger partial charge on any atom is 0.322 e. The highest BCUT2D eigenvalue weighted by atomic mass is 16.2. The maximum absolute atomic E-state index is 13.3. The lowest BCUT2D eigenvalue weighted by atomic mass is 9.66. The zero-order valence-corrected chi connectivity index (χ0v) is 27.9. The van der Waals surface area contributed by atoms with Gasteiger partial charge in [0.2, 0.25) is 0 Å². The zero-order valence-electron chi connectivity index (χ0n) is 27.9. The lowest BCUT2D eigenvalue weighted by molar-refractivity contribution is 0.247. The van der Waals surface area contributed by atoms with Crippen LogP contribution in [0.1, 0.15) is 66.5 Å². The average molecular weight is 611 g/mol. The van der Waals surface area contributed by atoms with E-state index in [9.17, 15) is 9.59 Å². The zero-order chi connectivity index (χ0) is 32.8. The van der Waals surface area contributed by atoms with Crippen LogP contribution >= 0.6 is 0 Å². The van der Waals surface area contributed by atoms with Gasteiger partial charge in [-0.3, -0.25) is 9.80 Å². The number of nitrogens with zero attached hydrogens (tertiary/aromatic N) is 2. The van der Waals surface area contributed by atoms with Crippen LogP contribution in [0.4, 0.5) is 21.0 Å². The minimum absolute atomic E-state index is 0.0876. The molecule has 6 heteroatoms. The molecule has 2 aliphatic heterocycles. The van der Waals surface area contributed by atoms with Crippen molar-refractivity contribution in [2.24, 2.45) is 0 Å². The molecule has 232 valence electrons. The summed E-state index contributed by atoms with van der Waals surface area (Å²) in [5.41, 5.74) is 6.71. The molecule has 6 nitrogen and oxygen atoms in total. The molecule has 0 atom stereocenters. The molecule has 5 aliphatic rings. The van der Waals surface area contributed by atoms with Gasteiger partial charge in [-0.15, -0.1) is 0 Å². The van der Waals surface area contributed by atoms with E-state index in [0.717, 1.165) is 56.6 Å². The van der Waals surface area contributed by atoms with Crippen LogP contribution in [0.2, 0.25) is 0 Å². The quantitative estimate of drug-likeness (QED) is 0.341. The number of hydrogen-bond acceptors (Lipinski definition) is 2. The molecular weight excluding hydrogens is 568 g/mol. The summed E-state index contributed by atoms with van der Waals surface area (Å²) in [6, 6.07) is 16.5. The van der Waals surface area contributed by atoms with Gasteiger partial charge in [0.05, 0.1) is 44.7 Å². The Labute approximate surface area is 272 Å². The Morgan fingerprint density at radius 1 is 0.565 bits per heavy atom. The van der Waals surface area contributed by atoms with Gasteiger partial charge in [-0.25, -0.2) is 9.59 Å². The van der Waals surface area contributed by atoms with Gasteiger partial charge in [-0.1, -0.05) is 12.1 Å². The number of benzene rings is 2. The van der Waals surface area contributed by atoms with Crippen molar-refractivity contribution in [3.63, 3.8) is 0 Å². The third-order valence-electron chi connectivity index (χ3n) is 11.1. The Morgan fingerprint density at radius 2 is 0.957 bits per heavy atom. The van der Waals surface area contributed by atoms with Crippen LogP contribution in [0.15, 0.2) is 108 Å². The number of amides is 4. The van der Waals surface area contributed by atoms with Crippen molar-refractivity contribution in [3.8, 4) is 0 Å². The predicted octanol–water partition coefficient (Wildman–Crippen LogP) is 8.48. The smallest absolute Gasteiger partial charge is 0.322 e. The van der Waals surface area contributed by atoms with Gasteiger partial charge in [0.15, 0.2) is 0 Å². The van der Waals surface area contributed by atoms with E-state index in [1.54, 1.807) is 0 Å². The Kier molecular flexibility index (Phi) is 6.38. The van der Waals surface area contributed by atoms with Gasteiger partial charge >= 0.3 is 12.1 Å². The van der Waals surface area contributed by atoms with E-state index < -0.39 is 22.2 Å². The van der Waals surface area contributed by atoms with Crippen molar-refractivity contribution in [2.75, 3.05) is 9.80 Å². The van der Waals surface area contributed by atoms with E-state index in [4.69, 9.17) is 0 Å². The van der Waals surface area contributed by atoms with E-state index in [2.05, 4.69) is 139 Å². The van der Waals surface area contributed by atoms with Crippen LogP contribution in [-0.2, 0) is 0 Å². The summed E-state index contributed by atoms with van der Waals surface area (Å²) >= 11 is 0. The van der Waals surface area contributed by atoms with Crippen molar-refractivity contribution in [1.29, 1.82) is 0 Å². The fourth-order valence-electron chi connectivity index (χ4n) is 7.25. The van der Waals surface area contributed by atoms with Gasteiger partial charge in [0, 0.05) is 48.6 Å². The Bertz CT molecular complexity index is 1730. The van der Waals surface area contributed by atoms with Gasteiger partial charge in [0.1, 0.15) is 34.1 Å². The summed E-state index contributed by atoms with van der Waals surface area (Å²) in [7, 11) is 0. The molecular formula is C40H42N4O2+2. The summed E-state index contributed by atoms with van der Waals surface area (Å²) < 4.78 is 0. The van der Waals surface area contributed by atoms with Gasteiger partial charge < -0.3 is 10.6 Å².